The SMILES string of the molecule is CC[C@H]1O[C@@H](n2cc(C)c(=O)[nH]c2=O)C[C@@H]1OP(c1ccccc1)N(C(C)C)C(C)C. The maximum Gasteiger partial charge on any atom is 0.330 e. The molecule has 1 unspecified atom stereocenters. The molecule has 1 aromatic heterocycles. The third-order valence-electron chi connectivity index (χ3n) is 5.52. The normalized spacial score (nSPS) is 22.5. The molecular formula is C23H34N3O4P. The van der Waals surface area contributed by atoms with Gasteiger partial charge in [0.25, 0.3) is 5.56 Å². The zero-order valence-corrected chi connectivity index (χ0v) is 20.1. The summed E-state index contributed by atoms with van der Waals surface area (Å²) in [5.74, 6) is 0. The highest BCUT2D eigenvalue weighted by Crippen LogP contribution is 2.48. The molecule has 0 bridgehead atoms. The molecule has 0 saturated carbocycles. The van der Waals surface area contributed by atoms with E-state index in [0.717, 1.165) is 11.7 Å². The summed E-state index contributed by atoms with van der Waals surface area (Å²) in [6.45, 7) is 12.5. The molecule has 7 nitrogen and oxygen atoms in total. The Kier molecular flexibility index (Phi) is 7.87. The van der Waals surface area contributed by atoms with Gasteiger partial charge in [-0.05, 0) is 41.0 Å². The first kappa shape index (κ1) is 23.9. The molecule has 1 aromatic carbocycles. The number of nitrogens with one attached hydrogen (secondary N) is 1. The summed E-state index contributed by atoms with van der Waals surface area (Å²) in [7, 11) is -1.04. The summed E-state index contributed by atoms with van der Waals surface area (Å²) in [6, 6.07) is 11.0. The fourth-order valence-electron chi connectivity index (χ4n) is 4.09. The average Bonchev–Trinajstić information content (AvgIpc) is 3.13. The topological polar surface area (TPSA) is 76.6 Å². The van der Waals surface area contributed by atoms with Crippen molar-refractivity contribution in [1.82, 2.24) is 14.2 Å². The summed E-state index contributed by atoms with van der Waals surface area (Å²) >= 11 is 0. The lowest BCUT2D eigenvalue weighted by Gasteiger charge is -2.39. The third kappa shape index (κ3) is 5.35. The predicted octanol–water partition coefficient (Wildman–Crippen LogP) is 3.68. The van der Waals surface area contributed by atoms with E-state index in [-0.39, 0.29) is 17.8 Å². The molecule has 1 aliphatic rings. The Morgan fingerprint density at radius 3 is 2.42 bits per heavy atom. The molecular weight excluding hydrogens is 413 g/mol. The van der Waals surface area contributed by atoms with Gasteiger partial charge in [-0.2, -0.15) is 0 Å². The summed E-state index contributed by atoms with van der Waals surface area (Å²) < 4.78 is 16.9. The van der Waals surface area contributed by atoms with Crippen molar-refractivity contribution in [2.45, 2.75) is 84.9 Å². The van der Waals surface area contributed by atoms with Crippen LogP contribution in [0.3, 0.4) is 0 Å². The molecule has 4 atom stereocenters. The van der Waals surface area contributed by atoms with Crippen molar-refractivity contribution in [1.29, 1.82) is 0 Å². The summed E-state index contributed by atoms with van der Waals surface area (Å²) in [5.41, 5.74) is -0.332. The molecule has 0 aliphatic carbocycles. The highest BCUT2D eigenvalue weighted by atomic mass is 31.2. The summed E-state index contributed by atoms with van der Waals surface area (Å²) in [5, 5.41) is 1.16. The minimum absolute atomic E-state index is 0.126. The van der Waals surface area contributed by atoms with Gasteiger partial charge >= 0.3 is 5.69 Å². The van der Waals surface area contributed by atoms with Crippen LogP contribution in [0.25, 0.3) is 0 Å². The number of aromatic amines is 1. The van der Waals surface area contributed by atoms with E-state index in [9.17, 15) is 9.59 Å². The fraction of sp³-hybridized carbons (Fsp3) is 0.565. The van der Waals surface area contributed by atoms with Gasteiger partial charge in [0.1, 0.15) is 14.5 Å². The highest BCUT2D eigenvalue weighted by Gasteiger charge is 2.40. The van der Waals surface area contributed by atoms with Crippen LogP contribution in [0.15, 0.2) is 46.1 Å². The van der Waals surface area contributed by atoms with Gasteiger partial charge in [0, 0.05) is 35.6 Å². The van der Waals surface area contributed by atoms with E-state index < -0.39 is 20.2 Å². The smallest absolute Gasteiger partial charge is 0.330 e. The highest BCUT2D eigenvalue weighted by molar-refractivity contribution is 7.58. The molecule has 8 heteroatoms. The van der Waals surface area contributed by atoms with E-state index in [4.69, 9.17) is 9.26 Å². The van der Waals surface area contributed by atoms with E-state index in [1.54, 1.807) is 13.1 Å². The zero-order valence-electron chi connectivity index (χ0n) is 19.2. The van der Waals surface area contributed by atoms with Crippen molar-refractivity contribution in [3.63, 3.8) is 0 Å². The number of nitrogens with zero attached hydrogens (tertiary/aromatic N) is 2. The fourth-order valence-corrected chi connectivity index (χ4v) is 6.33. The first-order valence-corrected chi connectivity index (χ1v) is 12.2. The molecule has 31 heavy (non-hydrogen) atoms. The van der Waals surface area contributed by atoms with Crippen LogP contribution >= 0.6 is 8.30 Å². The summed E-state index contributed by atoms with van der Waals surface area (Å²) in [6.07, 6.45) is 2.17. The van der Waals surface area contributed by atoms with Gasteiger partial charge in [0.15, 0.2) is 0 Å². The van der Waals surface area contributed by atoms with Crippen LogP contribution in [0.5, 0.6) is 0 Å². The molecule has 0 amide bonds. The number of aromatic nitrogens is 2. The second kappa shape index (κ2) is 10.2. The quantitative estimate of drug-likeness (QED) is 0.625. The van der Waals surface area contributed by atoms with Gasteiger partial charge in [0.05, 0.1) is 12.2 Å². The van der Waals surface area contributed by atoms with Crippen LogP contribution in [-0.4, -0.2) is 38.5 Å². The van der Waals surface area contributed by atoms with Crippen LogP contribution < -0.4 is 16.6 Å². The Labute approximate surface area is 185 Å². The van der Waals surface area contributed by atoms with Crippen LogP contribution in [0, 0.1) is 6.92 Å². The van der Waals surface area contributed by atoms with E-state index in [0.29, 0.717) is 24.1 Å². The summed E-state index contributed by atoms with van der Waals surface area (Å²) in [4.78, 5) is 26.5. The molecule has 2 heterocycles. The average molecular weight is 448 g/mol. The molecule has 1 aliphatic heterocycles. The first-order chi connectivity index (χ1) is 14.7. The van der Waals surface area contributed by atoms with E-state index in [2.05, 4.69) is 56.4 Å². The van der Waals surface area contributed by atoms with Gasteiger partial charge in [-0.1, -0.05) is 37.3 Å². The number of ether oxygens (including phenoxy) is 1. The standard InChI is InChI=1S/C23H34N3O4P/c1-7-19-20(13-21(29-19)25-14-17(6)22(27)24-23(25)28)30-31(18-11-9-8-10-12-18)26(15(2)3)16(4)5/h8-12,14-16,19-21H,7,13H2,1-6H3,(H,24,27,28)/t19-,20+,21-,31?/m1/s1. The van der Waals surface area contributed by atoms with E-state index >= 15 is 0 Å². The van der Waals surface area contributed by atoms with Gasteiger partial charge in [-0.25, -0.2) is 4.79 Å². The molecule has 0 spiro atoms. The van der Waals surface area contributed by atoms with Crippen molar-refractivity contribution in [3.05, 3.63) is 62.9 Å². The van der Waals surface area contributed by atoms with Gasteiger partial charge < -0.3 is 9.26 Å². The van der Waals surface area contributed by atoms with E-state index in [1.165, 1.54) is 4.57 Å². The lowest BCUT2D eigenvalue weighted by molar-refractivity contribution is -0.0176. The Bertz CT molecular complexity index is 965. The Morgan fingerprint density at radius 2 is 1.84 bits per heavy atom. The van der Waals surface area contributed by atoms with Crippen LogP contribution in [0.1, 0.15) is 59.3 Å². The third-order valence-corrected chi connectivity index (χ3v) is 8.07. The largest absolute Gasteiger partial charge is 0.352 e. The number of hydrogen-bond acceptors (Lipinski definition) is 5. The molecule has 3 rings (SSSR count). The van der Waals surface area contributed by atoms with Gasteiger partial charge in [0.2, 0.25) is 0 Å². The van der Waals surface area contributed by atoms with Crippen molar-refractivity contribution in [2.24, 2.45) is 0 Å². The monoisotopic (exact) mass is 447 g/mol. The molecule has 0 radical (unpaired) electrons. The second-order valence-corrected chi connectivity index (χ2v) is 10.3. The van der Waals surface area contributed by atoms with Crippen LogP contribution in [0.2, 0.25) is 0 Å². The molecule has 2 aromatic rings. The zero-order chi connectivity index (χ0) is 22.7. The molecule has 170 valence electrons. The lowest BCUT2D eigenvalue weighted by Crippen LogP contribution is -2.38. The first-order valence-electron chi connectivity index (χ1n) is 11.0. The number of benzene rings is 1. The number of aryl methyl sites for hydroxylation is 1. The number of H-pyrrole nitrogens is 1. The van der Waals surface area contributed by atoms with Crippen LogP contribution in [-0.2, 0) is 9.26 Å². The van der Waals surface area contributed by atoms with Gasteiger partial charge in [-0.3, -0.25) is 19.0 Å². The Hall–Kier alpha value is -1.79. The number of hydrogen-bond donors (Lipinski definition) is 1. The Morgan fingerprint density at radius 1 is 1.19 bits per heavy atom. The lowest BCUT2D eigenvalue weighted by atomic mass is 10.1. The maximum atomic E-state index is 12.4. The second-order valence-electron chi connectivity index (χ2n) is 8.57. The van der Waals surface area contributed by atoms with Gasteiger partial charge in [-0.15, -0.1) is 0 Å². The van der Waals surface area contributed by atoms with E-state index in [1.807, 2.05) is 18.2 Å². The predicted molar refractivity (Wildman–Crippen MR) is 125 cm³/mol. The van der Waals surface area contributed by atoms with Crippen molar-refractivity contribution >= 4 is 13.6 Å². The van der Waals surface area contributed by atoms with Crippen molar-refractivity contribution < 1.29 is 9.26 Å². The van der Waals surface area contributed by atoms with Crippen molar-refractivity contribution in [2.75, 3.05) is 0 Å². The molecule has 1 fully saturated rings. The van der Waals surface area contributed by atoms with Crippen molar-refractivity contribution in [3.8, 4) is 0 Å². The Balaban J connectivity index is 1.91. The van der Waals surface area contributed by atoms with Crippen LogP contribution in [0.4, 0.5) is 0 Å². The molecule has 1 N–H and O–H groups in total. The molecule has 1 saturated heterocycles. The maximum absolute atomic E-state index is 12.4. The minimum Gasteiger partial charge on any atom is -0.352 e. The minimum atomic E-state index is -1.04. The number of rotatable bonds is 8.